The van der Waals surface area contributed by atoms with Crippen molar-refractivity contribution in [3.05, 3.63) is 0 Å². The lowest BCUT2D eigenvalue weighted by atomic mass is 9.88. The summed E-state index contributed by atoms with van der Waals surface area (Å²) in [6, 6.07) is -5.28. The first-order valence-corrected chi connectivity index (χ1v) is 20.4. The van der Waals surface area contributed by atoms with Crippen molar-refractivity contribution in [3.8, 4) is 0 Å². The van der Waals surface area contributed by atoms with Crippen LogP contribution in [0, 0.1) is 0 Å². The smallest absolute Gasteiger partial charge is 0.364 e. The number of aliphatic hydroxyl groups excluding tert-OH is 15. The fourth-order valence-corrected chi connectivity index (χ4v) is 7.65. The van der Waals surface area contributed by atoms with Gasteiger partial charge in [0.15, 0.2) is 6.29 Å². The molecule has 0 aliphatic carbocycles. The third-order valence-electron chi connectivity index (χ3n) is 11.1. The summed E-state index contributed by atoms with van der Waals surface area (Å²) in [4.78, 5) is 61.7. The molecule has 0 radical (unpaired) electrons. The molecule has 0 bridgehead atoms. The Morgan fingerprint density at radius 2 is 1.19 bits per heavy atom. The Kier molecular flexibility index (Phi) is 21.5. The van der Waals surface area contributed by atoms with E-state index in [-0.39, 0.29) is 0 Å². The van der Waals surface area contributed by atoms with Gasteiger partial charge in [-0.2, -0.15) is 0 Å². The maximum absolute atomic E-state index is 12.9. The van der Waals surface area contributed by atoms with Gasteiger partial charge in [-0.3, -0.25) is 14.4 Å². The molecule has 21 atom stereocenters. The predicted octanol–water partition coefficient (Wildman–Crippen LogP) is -12.3. The maximum Gasteiger partial charge on any atom is 0.364 e. The molecule has 31 nitrogen and oxygen atoms in total. The Balaban J connectivity index is 2.01. The van der Waals surface area contributed by atoms with Crippen LogP contribution in [-0.2, 0) is 52.4 Å². The molecule has 0 saturated carbocycles. The number of amides is 3. The summed E-state index contributed by atoms with van der Waals surface area (Å²) in [5.74, 6) is -13.5. The summed E-state index contributed by atoms with van der Waals surface area (Å²) in [7, 11) is 0. The Morgan fingerprint density at radius 1 is 0.687 bits per heavy atom. The Morgan fingerprint density at radius 3 is 1.64 bits per heavy atom. The molecular formula is C36H61N3O28. The first kappa shape index (κ1) is 57.8. The van der Waals surface area contributed by atoms with Crippen molar-refractivity contribution in [1.29, 1.82) is 0 Å². The van der Waals surface area contributed by atoms with Crippen molar-refractivity contribution in [1.82, 2.24) is 16.0 Å². The van der Waals surface area contributed by atoms with Crippen LogP contribution < -0.4 is 16.0 Å². The lowest BCUT2D eigenvalue weighted by Crippen LogP contribution is -2.70. The highest BCUT2D eigenvalue weighted by Crippen LogP contribution is 2.38. The second-order valence-electron chi connectivity index (χ2n) is 16.0. The van der Waals surface area contributed by atoms with E-state index in [0.29, 0.717) is 0 Å². The zero-order valence-corrected chi connectivity index (χ0v) is 35.7. The molecule has 20 N–H and O–H groups in total. The lowest BCUT2D eigenvalue weighted by molar-refractivity contribution is -0.376. The van der Waals surface area contributed by atoms with Crippen LogP contribution in [0.2, 0.25) is 0 Å². The summed E-state index contributed by atoms with van der Waals surface area (Å²) in [5.41, 5.74) is 0. The minimum Gasteiger partial charge on any atom is -0.477 e. The average Bonchev–Trinajstić information content (AvgIpc) is 3.28. The van der Waals surface area contributed by atoms with Gasteiger partial charge in [0, 0.05) is 26.7 Å². The van der Waals surface area contributed by atoms with Crippen LogP contribution in [0.3, 0.4) is 0 Å². The molecule has 3 aliphatic heterocycles. The van der Waals surface area contributed by atoms with Gasteiger partial charge in [0.1, 0.15) is 86.0 Å². The second kappa shape index (κ2) is 24.9. The van der Waals surface area contributed by atoms with E-state index < -0.39 is 210 Å². The van der Waals surface area contributed by atoms with Crippen molar-refractivity contribution in [2.45, 2.75) is 154 Å². The van der Waals surface area contributed by atoms with Crippen LogP contribution >= 0.6 is 0 Å². The summed E-state index contributed by atoms with van der Waals surface area (Å²) in [5, 5.41) is 185. The number of carbonyl (C=O) groups is 5. The molecule has 0 aromatic heterocycles. The molecule has 67 heavy (non-hydrogen) atoms. The number of hydrogen-bond donors (Lipinski definition) is 20. The van der Waals surface area contributed by atoms with Gasteiger partial charge in [0.05, 0.1) is 63.4 Å². The van der Waals surface area contributed by atoms with E-state index in [0.717, 1.165) is 13.8 Å². The third kappa shape index (κ3) is 13.6. The largest absolute Gasteiger partial charge is 0.477 e. The Labute approximate surface area is 378 Å². The number of carboxylic acids is 2. The molecule has 388 valence electrons. The van der Waals surface area contributed by atoms with Crippen LogP contribution in [0.5, 0.6) is 0 Å². The zero-order chi connectivity index (χ0) is 50.9. The Bertz CT molecular complexity index is 1650. The third-order valence-corrected chi connectivity index (χ3v) is 11.1. The number of aliphatic hydroxyl groups is 15. The van der Waals surface area contributed by atoms with Crippen LogP contribution in [-0.4, -0.2) is 284 Å². The minimum absolute atomic E-state index is 0.840. The summed E-state index contributed by atoms with van der Waals surface area (Å²) >= 11 is 0. The molecule has 0 aromatic carbocycles. The summed E-state index contributed by atoms with van der Waals surface area (Å²) in [6.45, 7) is -5.30. The van der Waals surface area contributed by atoms with Crippen molar-refractivity contribution < 1.29 is 139 Å². The highest BCUT2D eigenvalue weighted by atomic mass is 16.8. The normalized spacial score (nSPS) is 36.0. The fourth-order valence-electron chi connectivity index (χ4n) is 7.65. The number of nitrogens with one attached hydrogen (secondary N) is 3. The van der Waals surface area contributed by atoms with Crippen LogP contribution in [0.4, 0.5) is 0 Å². The highest BCUT2D eigenvalue weighted by molar-refractivity contribution is 5.78. The lowest BCUT2D eigenvalue weighted by Gasteiger charge is -2.50. The highest BCUT2D eigenvalue weighted by Gasteiger charge is 2.60. The van der Waals surface area contributed by atoms with Crippen molar-refractivity contribution in [2.24, 2.45) is 0 Å². The predicted molar refractivity (Wildman–Crippen MR) is 207 cm³/mol. The second-order valence-corrected chi connectivity index (χ2v) is 16.0. The molecule has 3 rings (SSSR count). The molecule has 3 fully saturated rings. The van der Waals surface area contributed by atoms with Gasteiger partial charge >= 0.3 is 11.9 Å². The molecule has 3 heterocycles. The molecule has 0 spiro atoms. The summed E-state index contributed by atoms with van der Waals surface area (Å²) < 4.78 is 33.1. The molecule has 0 aromatic rings. The number of ether oxygens (including phenoxy) is 6. The monoisotopic (exact) mass is 983 g/mol. The van der Waals surface area contributed by atoms with E-state index in [2.05, 4.69) is 16.0 Å². The average molecular weight is 984 g/mol. The molecule has 31 heteroatoms. The number of rotatable bonds is 24. The number of aliphatic carboxylic acids is 2. The first-order valence-electron chi connectivity index (χ1n) is 20.4. The van der Waals surface area contributed by atoms with E-state index in [1.54, 1.807) is 0 Å². The maximum atomic E-state index is 12.9. The number of carboxylic acid groups (broad SMARTS) is 2. The molecular weight excluding hydrogens is 922 g/mol. The van der Waals surface area contributed by atoms with Gasteiger partial charge in [0.25, 0.3) is 11.6 Å². The fraction of sp³-hybridized carbons (Fsp3) is 0.861. The van der Waals surface area contributed by atoms with Crippen LogP contribution in [0.25, 0.3) is 0 Å². The zero-order valence-electron chi connectivity index (χ0n) is 35.7. The van der Waals surface area contributed by atoms with E-state index in [9.17, 15) is 111 Å². The first-order chi connectivity index (χ1) is 31.3. The molecule has 3 amide bonds. The number of hydrogen-bond acceptors (Lipinski definition) is 26. The standard InChI is InChI=1S/C36H61N3O28/c1-11(45)37-13(5-40)28(25(55)18(51)10-62-35(33(58)59)3-14(47)22(39-20(52)9-44)30(65-35)24(54)17(50)7-42)64-32-27(57)31(26(56)19(8-43)63-32)67-36(34(60)61)4-15(48)21(38-12(2)46)29(66-36)23(53)16(49)6-41/h13-19,21-32,40-44,47-51,53-57H,3-10H2,1-2H3,(H,37,45)(H,38,46)(H,39,52)(H,58,59)(H,60,61)/t13-,14-,15-,16+,17+,18+,19+,21+,22+,23+,24+,25-,26-,27+,28+,29+,30+,31-,32-,35+,36-/m0/s1. The van der Waals surface area contributed by atoms with E-state index in [1.165, 1.54) is 0 Å². The van der Waals surface area contributed by atoms with Gasteiger partial charge in [0.2, 0.25) is 17.7 Å². The van der Waals surface area contributed by atoms with E-state index >= 15 is 0 Å². The quantitative estimate of drug-likeness (QED) is 0.0427. The van der Waals surface area contributed by atoms with Crippen molar-refractivity contribution >= 4 is 29.7 Å². The van der Waals surface area contributed by atoms with E-state index in [4.69, 9.17) is 28.4 Å². The van der Waals surface area contributed by atoms with Gasteiger partial charge in [-0.05, 0) is 0 Å². The topological polar surface area (TPSA) is 521 Å². The van der Waals surface area contributed by atoms with Crippen LogP contribution in [0.1, 0.15) is 26.7 Å². The van der Waals surface area contributed by atoms with E-state index in [1.807, 2.05) is 0 Å². The van der Waals surface area contributed by atoms with Gasteiger partial charge in [-0.15, -0.1) is 0 Å². The molecule has 0 unspecified atom stereocenters. The number of carbonyl (C=O) groups excluding carboxylic acids is 3. The van der Waals surface area contributed by atoms with Crippen molar-refractivity contribution in [3.63, 3.8) is 0 Å². The SMILES string of the molecule is CC(=O)N[C@H]1[C@H]([C@H](O)[C@H](O)CO)O[C@@](O[C@H]2[C@@H](O)[C@@H](CO)O[C@@H](O[C@@H]([C@@H](O)[C@H](O)CO[C@]3(C(=O)O)C[C@H](O)[C@@H](NC(=O)CO)[C@H]([C@H](O)[C@H](O)CO)O3)[C@H](CO)NC(C)=O)[C@@H]2O)(C(=O)O)C[C@@H]1O. The minimum atomic E-state index is -3.23. The van der Waals surface area contributed by atoms with Gasteiger partial charge in [-0.1, -0.05) is 0 Å². The Hall–Kier alpha value is -3.49. The molecule has 3 saturated heterocycles. The van der Waals surface area contributed by atoms with Crippen molar-refractivity contribution in [2.75, 3.05) is 39.6 Å². The van der Waals surface area contributed by atoms with Gasteiger partial charge in [-0.25, -0.2) is 9.59 Å². The van der Waals surface area contributed by atoms with Crippen LogP contribution in [0.15, 0.2) is 0 Å². The summed E-state index contributed by atoms with van der Waals surface area (Å²) in [6.07, 6.45) is -37.9. The molecule has 3 aliphatic rings. The van der Waals surface area contributed by atoms with Gasteiger partial charge < -0.3 is 131 Å².